The van der Waals surface area contributed by atoms with Crippen molar-refractivity contribution in [3.63, 3.8) is 0 Å². The summed E-state index contributed by atoms with van der Waals surface area (Å²) in [6.07, 6.45) is 0.977. The third-order valence-corrected chi connectivity index (χ3v) is 3.25. The van der Waals surface area contributed by atoms with Crippen molar-refractivity contribution in [3.05, 3.63) is 35.9 Å². The smallest absolute Gasteiger partial charge is 0.227 e. The van der Waals surface area contributed by atoms with Gasteiger partial charge in [0.25, 0.3) is 0 Å². The summed E-state index contributed by atoms with van der Waals surface area (Å²) in [5.41, 5.74) is 6.75. The van der Waals surface area contributed by atoms with Gasteiger partial charge in [-0.2, -0.15) is 0 Å². The van der Waals surface area contributed by atoms with E-state index in [1.165, 1.54) is 0 Å². The molecule has 0 radical (unpaired) electrons. The fourth-order valence-corrected chi connectivity index (χ4v) is 2.01. The molecule has 3 atom stereocenters. The van der Waals surface area contributed by atoms with Crippen LogP contribution >= 0.6 is 0 Å². The van der Waals surface area contributed by atoms with Crippen LogP contribution < -0.4 is 11.1 Å². The molecule has 3 nitrogen and oxygen atoms in total. The minimum atomic E-state index is -0.0880. The number of carbonyl (C=O) groups is 1. The SMILES string of the molecule is CCC(C)C(C(=O)NCC(C)N)c1ccccc1. The summed E-state index contributed by atoms with van der Waals surface area (Å²) >= 11 is 0. The Morgan fingerprint density at radius 2 is 1.89 bits per heavy atom. The molecule has 1 rings (SSSR count). The van der Waals surface area contributed by atoms with Crippen LogP contribution in [0.5, 0.6) is 0 Å². The molecule has 0 heterocycles. The Kier molecular flexibility index (Phi) is 5.86. The number of carbonyl (C=O) groups excluding carboxylic acids is 1. The van der Waals surface area contributed by atoms with Gasteiger partial charge in [0.2, 0.25) is 5.91 Å². The summed E-state index contributed by atoms with van der Waals surface area (Å²) in [5.74, 6) is 0.309. The number of hydrogen-bond donors (Lipinski definition) is 2. The van der Waals surface area contributed by atoms with E-state index in [0.29, 0.717) is 12.5 Å². The summed E-state index contributed by atoms with van der Waals surface area (Å²) in [7, 11) is 0. The predicted octanol–water partition coefficient (Wildman–Crippen LogP) is 2.28. The van der Waals surface area contributed by atoms with Crippen molar-refractivity contribution in [2.45, 2.75) is 39.2 Å². The van der Waals surface area contributed by atoms with E-state index in [9.17, 15) is 4.79 Å². The molecular formula is C15H24N2O. The fourth-order valence-electron chi connectivity index (χ4n) is 2.01. The van der Waals surface area contributed by atoms with Crippen molar-refractivity contribution in [2.75, 3.05) is 6.54 Å². The van der Waals surface area contributed by atoms with E-state index in [1.54, 1.807) is 0 Å². The van der Waals surface area contributed by atoms with Gasteiger partial charge in [-0.05, 0) is 18.4 Å². The number of benzene rings is 1. The molecule has 0 spiro atoms. The van der Waals surface area contributed by atoms with E-state index in [4.69, 9.17) is 5.73 Å². The van der Waals surface area contributed by atoms with Gasteiger partial charge >= 0.3 is 0 Å². The lowest BCUT2D eigenvalue weighted by Crippen LogP contribution is -2.39. The molecule has 0 saturated heterocycles. The molecule has 0 aliphatic rings. The lowest BCUT2D eigenvalue weighted by molar-refractivity contribution is -0.123. The Hall–Kier alpha value is -1.35. The molecule has 3 heteroatoms. The zero-order valence-corrected chi connectivity index (χ0v) is 11.5. The zero-order valence-electron chi connectivity index (χ0n) is 11.5. The van der Waals surface area contributed by atoms with Crippen LogP contribution in [0.1, 0.15) is 38.7 Å². The van der Waals surface area contributed by atoms with Gasteiger partial charge in [0.15, 0.2) is 0 Å². The Bertz CT molecular complexity index is 362. The van der Waals surface area contributed by atoms with Crippen LogP contribution in [0, 0.1) is 5.92 Å². The number of nitrogens with one attached hydrogen (secondary N) is 1. The van der Waals surface area contributed by atoms with E-state index in [-0.39, 0.29) is 17.9 Å². The quantitative estimate of drug-likeness (QED) is 0.811. The molecule has 3 N–H and O–H groups in total. The van der Waals surface area contributed by atoms with Crippen LogP contribution in [0.15, 0.2) is 30.3 Å². The van der Waals surface area contributed by atoms with Gasteiger partial charge in [-0.25, -0.2) is 0 Å². The third kappa shape index (κ3) is 4.15. The van der Waals surface area contributed by atoms with Crippen molar-refractivity contribution in [1.29, 1.82) is 0 Å². The second-order valence-corrected chi connectivity index (χ2v) is 5.00. The zero-order chi connectivity index (χ0) is 13.5. The van der Waals surface area contributed by atoms with Gasteiger partial charge in [-0.1, -0.05) is 50.6 Å². The Morgan fingerprint density at radius 3 is 2.39 bits per heavy atom. The molecular weight excluding hydrogens is 224 g/mol. The van der Waals surface area contributed by atoms with E-state index >= 15 is 0 Å². The van der Waals surface area contributed by atoms with Gasteiger partial charge < -0.3 is 11.1 Å². The number of rotatable bonds is 6. The normalized spacial score (nSPS) is 15.8. The van der Waals surface area contributed by atoms with Crippen LogP contribution in [0.3, 0.4) is 0 Å². The Balaban J connectivity index is 2.82. The highest BCUT2D eigenvalue weighted by atomic mass is 16.1. The predicted molar refractivity (Wildman–Crippen MR) is 75.3 cm³/mol. The van der Waals surface area contributed by atoms with Gasteiger partial charge in [0, 0.05) is 12.6 Å². The van der Waals surface area contributed by atoms with Crippen LogP contribution in [0.4, 0.5) is 0 Å². The van der Waals surface area contributed by atoms with Crippen molar-refractivity contribution in [3.8, 4) is 0 Å². The summed E-state index contributed by atoms with van der Waals surface area (Å²) in [4.78, 5) is 12.3. The van der Waals surface area contributed by atoms with Crippen molar-refractivity contribution in [2.24, 2.45) is 11.7 Å². The minimum Gasteiger partial charge on any atom is -0.354 e. The van der Waals surface area contributed by atoms with E-state index in [1.807, 2.05) is 37.3 Å². The monoisotopic (exact) mass is 248 g/mol. The average Bonchev–Trinajstić information content (AvgIpc) is 2.37. The van der Waals surface area contributed by atoms with Gasteiger partial charge in [-0.3, -0.25) is 4.79 Å². The largest absolute Gasteiger partial charge is 0.354 e. The summed E-state index contributed by atoms with van der Waals surface area (Å²) in [6.45, 7) is 6.64. The molecule has 0 aromatic heterocycles. The molecule has 18 heavy (non-hydrogen) atoms. The van der Waals surface area contributed by atoms with Gasteiger partial charge in [-0.15, -0.1) is 0 Å². The number of amides is 1. The summed E-state index contributed by atoms with van der Waals surface area (Å²) < 4.78 is 0. The molecule has 3 unspecified atom stereocenters. The van der Waals surface area contributed by atoms with E-state index in [0.717, 1.165) is 12.0 Å². The lowest BCUT2D eigenvalue weighted by Gasteiger charge is -2.23. The average molecular weight is 248 g/mol. The van der Waals surface area contributed by atoms with Gasteiger partial charge in [0.1, 0.15) is 0 Å². The first-order chi connectivity index (χ1) is 8.56. The summed E-state index contributed by atoms with van der Waals surface area (Å²) in [5, 5.41) is 2.93. The van der Waals surface area contributed by atoms with Crippen LogP contribution in [-0.4, -0.2) is 18.5 Å². The first-order valence-corrected chi connectivity index (χ1v) is 6.64. The maximum atomic E-state index is 12.3. The molecule has 0 aliphatic carbocycles. The second-order valence-electron chi connectivity index (χ2n) is 5.00. The number of nitrogens with two attached hydrogens (primary N) is 1. The maximum absolute atomic E-state index is 12.3. The molecule has 0 saturated carbocycles. The minimum absolute atomic E-state index is 0.0118. The second kappa shape index (κ2) is 7.17. The highest BCUT2D eigenvalue weighted by Crippen LogP contribution is 2.26. The first kappa shape index (κ1) is 14.7. The first-order valence-electron chi connectivity index (χ1n) is 6.64. The van der Waals surface area contributed by atoms with E-state index < -0.39 is 0 Å². The van der Waals surface area contributed by atoms with Gasteiger partial charge in [0.05, 0.1) is 5.92 Å². The van der Waals surface area contributed by atoms with Crippen LogP contribution in [0.25, 0.3) is 0 Å². The molecule has 1 aromatic rings. The molecule has 0 fully saturated rings. The Morgan fingerprint density at radius 1 is 1.28 bits per heavy atom. The molecule has 0 aliphatic heterocycles. The van der Waals surface area contributed by atoms with Crippen LogP contribution in [0.2, 0.25) is 0 Å². The third-order valence-electron chi connectivity index (χ3n) is 3.25. The van der Waals surface area contributed by atoms with Crippen molar-refractivity contribution in [1.82, 2.24) is 5.32 Å². The summed E-state index contributed by atoms with van der Waals surface area (Å²) in [6, 6.07) is 9.94. The van der Waals surface area contributed by atoms with Crippen molar-refractivity contribution >= 4 is 5.91 Å². The highest BCUT2D eigenvalue weighted by Gasteiger charge is 2.25. The number of hydrogen-bond acceptors (Lipinski definition) is 2. The standard InChI is InChI=1S/C15H24N2O/c1-4-11(2)14(13-8-6-5-7-9-13)15(18)17-10-12(3)16/h5-9,11-12,14H,4,10,16H2,1-3H3,(H,17,18). The highest BCUT2D eigenvalue weighted by molar-refractivity contribution is 5.84. The lowest BCUT2D eigenvalue weighted by atomic mass is 9.85. The van der Waals surface area contributed by atoms with E-state index in [2.05, 4.69) is 19.2 Å². The molecule has 100 valence electrons. The van der Waals surface area contributed by atoms with Crippen molar-refractivity contribution < 1.29 is 4.79 Å². The molecule has 1 amide bonds. The van der Waals surface area contributed by atoms with Crippen LogP contribution in [-0.2, 0) is 4.79 Å². The molecule has 1 aromatic carbocycles. The fraction of sp³-hybridized carbons (Fsp3) is 0.533. The topological polar surface area (TPSA) is 55.1 Å². The maximum Gasteiger partial charge on any atom is 0.227 e. The Labute approximate surface area is 110 Å². The molecule has 0 bridgehead atoms.